The highest BCUT2D eigenvalue weighted by molar-refractivity contribution is 5.73. The molecule has 3 heteroatoms. The summed E-state index contributed by atoms with van der Waals surface area (Å²) in [6.07, 6.45) is 5.94. The van der Waals surface area contributed by atoms with Gasteiger partial charge in [-0.3, -0.25) is 0 Å². The van der Waals surface area contributed by atoms with Gasteiger partial charge in [0.2, 0.25) is 0 Å². The first-order valence-electron chi connectivity index (χ1n) is 7.36. The molecule has 0 N–H and O–H groups in total. The molecule has 2 rings (SSSR count). The zero-order chi connectivity index (χ0) is 15.9. The molecule has 0 saturated carbocycles. The standard InChI is InChI=1S/C19H21FO2/c1-4-5-18-15(12-17(21-2)13-19(18)22-3)9-6-14-7-10-16(20)11-8-14/h6-13H,4-5H2,1-3H3. The van der Waals surface area contributed by atoms with Crippen molar-refractivity contribution < 1.29 is 13.9 Å². The van der Waals surface area contributed by atoms with Crippen LogP contribution in [0.5, 0.6) is 11.5 Å². The number of rotatable bonds is 6. The number of hydrogen-bond donors (Lipinski definition) is 0. The maximum absolute atomic E-state index is 13.0. The highest BCUT2D eigenvalue weighted by Gasteiger charge is 2.09. The van der Waals surface area contributed by atoms with Gasteiger partial charge in [0.05, 0.1) is 14.2 Å². The minimum absolute atomic E-state index is 0.230. The molecule has 0 fully saturated rings. The smallest absolute Gasteiger partial charge is 0.126 e. The Balaban J connectivity index is 2.40. The van der Waals surface area contributed by atoms with Gasteiger partial charge >= 0.3 is 0 Å². The van der Waals surface area contributed by atoms with Crippen LogP contribution >= 0.6 is 0 Å². The maximum atomic E-state index is 13.0. The second-order valence-electron chi connectivity index (χ2n) is 5.03. The summed E-state index contributed by atoms with van der Waals surface area (Å²) in [4.78, 5) is 0. The Kier molecular flexibility index (Phi) is 5.59. The summed E-state index contributed by atoms with van der Waals surface area (Å²) in [7, 11) is 3.31. The maximum Gasteiger partial charge on any atom is 0.126 e. The summed E-state index contributed by atoms with van der Waals surface area (Å²) in [5.74, 6) is 1.36. The molecule has 2 aromatic carbocycles. The van der Waals surface area contributed by atoms with E-state index in [9.17, 15) is 4.39 Å². The fourth-order valence-corrected chi connectivity index (χ4v) is 2.37. The third-order valence-corrected chi connectivity index (χ3v) is 3.50. The Hall–Kier alpha value is -2.29. The summed E-state index contributed by atoms with van der Waals surface area (Å²) in [6, 6.07) is 10.3. The van der Waals surface area contributed by atoms with Gasteiger partial charge in [0.25, 0.3) is 0 Å². The number of benzene rings is 2. The van der Waals surface area contributed by atoms with Crippen LogP contribution in [0.25, 0.3) is 12.2 Å². The van der Waals surface area contributed by atoms with Crippen molar-refractivity contribution in [3.8, 4) is 11.5 Å². The van der Waals surface area contributed by atoms with Gasteiger partial charge in [-0.2, -0.15) is 0 Å². The van der Waals surface area contributed by atoms with Crippen molar-refractivity contribution in [2.45, 2.75) is 19.8 Å². The van der Waals surface area contributed by atoms with Crippen molar-refractivity contribution in [2.75, 3.05) is 14.2 Å². The average molecular weight is 300 g/mol. The normalized spacial score (nSPS) is 10.9. The molecule has 0 radical (unpaired) electrons. The van der Waals surface area contributed by atoms with Crippen LogP contribution < -0.4 is 9.47 Å². The molecule has 2 nitrogen and oxygen atoms in total. The van der Waals surface area contributed by atoms with Crippen LogP contribution in [0.4, 0.5) is 4.39 Å². The van der Waals surface area contributed by atoms with Crippen LogP contribution in [0.15, 0.2) is 36.4 Å². The van der Waals surface area contributed by atoms with E-state index in [-0.39, 0.29) is 5.82 Å². The van der Waals surface area contributed by atoms with Crippen molar-refractivity contribution in [2.24, 2.45) is 0 Å². The minimum atomic E-state index is -0.230. The van der Waals surface area contributed by atoms with Crippen molar-refractivity contribution in [3.05, 3.63) is 58.9 Å². The van der Waals surface area contributed by atoms with E-state index in [0.29, 0.717) is 0 Å². The molecule has 0 bridgehead atoms. The summed E-state index contributed by atoms with van der Waals surface area (Å²) < 4.78 is 23.8. The topological polar surface area (TPSA) is 18.5 Å². The molecule has 0 amide bonds. The van der Waals surface area contributed by atoms with E-state index in [1.54, 1.807) is 26.4 Å². The molecule has 0 unspecified atom stereocenters. The van der Waals surface area contributed by atoms with E-state index >= 15 is 0 Å². The average Bonchev–Trinajstić information content (AvgIpc) is 2.55. The van der Waals surface area contributed by atoms with E-state index in [1.165, 1.54) is 12.1 Å². The van der Waals surface area contributed by atoms with Crippen molar-refractivity contribution in [1.82, 2.24) is 0 Å². The van der Waals surface area contributed by atoms with Crippen molar-refractivity contribution in [1.29, 1.82) is 0 Å². The van der Waals surface area contributed by atoms with Crippen LogP contribution in [0.2, 0.25) is 0 Å². The molecule has 0 atom stereocenters. The lowest BCUT2D eigenvalue weighted by Gasteiger charge is -2.13. The molecule has 2 aromatic rings. The first-order chi connectivity index (χ1) is 10.7. The zero-order valence-electron chi connectivity index (χ0n) is 13.2. The van der Waals surface area contributed by atoms with Gasteiger partial charge in [-0.15, -0.1) is 0 Å². The van der Waals surface area contributed by atoms with Gasteiger partial charge in [0.15, 0.2) is 0 Å². The number of methoxy groups -OCH3 is 2. The Bertz CT molecular complexity index is 645. The van der Waals surface area contributed by atoms with Gasteiger partial charge in [0.1, 0.15) is 17.3 Å². The summed E-state index contributed by atoms with van der Waals surface area (Å²) in [6.45, 7) is 2.14. The van der Waals surface area contributed by atoms with Crippen molar-refractivity contribution >= 4 is 12.2 Å². The molecular formula is C19H21FO2. The summed E-state index contributed by atoms with van der Waals surface area (Å²) in [5.41, 5.74) is 3.16. The highest BCUT2D eigenvalue weighted by Crippen LogP contribution is 2.31. The third-order valence-electron chi connectivity index (χ3n) is 3.50. The van der Waals surface area contributed by atoms with E-state index in [4.69, 9.17) is 9.47 Å². The molecule has 0 aliphatic carbocycles. The van der Waals surface area contributed by atoms with Gasteiger partial charge < -0.3 is 9.47 Å². The molecular weight excluding hydrogens is 279 g/mol. The fourth-order valence-electron chi connectivity index (χ4n) is 2.37. The Morgan fingerprint density at radius 2 is 1.73 bits per heavy atom. The molecule has 0 aliphatic rings. The number of ether oxygens (including phenoxy) is 2. The van der Waals surface area contributed by atoms with Crippen LogP contribution in [0, 0.1) is 5.82 Å². The van der Waals surface area contributed by atoms with Gasteiger partial charge in [-0.1, -0.05) is 37.6 Å². The first kappa shape index (κ1) is 16.1. The highest BCUT2D eigenvalue weighted by atomic mass is 19.1. The van der Waals surface area contributed by atoms with Gasteiger partial charge in [0, 0.05) is 11.6 Å². The van der Waals surface area contributed by atoms with Crippen LogP contribution in [-0.4, -0.2) is 14.2 Å². The zero-order valence-corrected chi connectivity index (χ0v) is 13.2. The van der Waals surface area contributed by atoms with Crippen LogP contribution in [0.3, 0.4) is 0 Å². The molecule has 116 valence electrons. The summed E-state index contributed by atoms with van der Waals surface area (Å²) >= 11 is 0. The Labute approximate surface area is 131 Å². The van der Waals surface area contributed by atoms with E-state index in [1.807, 2.05) is 24.3 Å². The molecule has 0 heterocycles. The van der Waals surface area contributed by atoms with Crippen LogP contribution in [0.1, 0.15) is 30.0 Å². The molecule has 0 saturated heterocycles. The number of halogens is 1. The minimum Gasteiger partial charge on any atom is -0.497 e. The van der Waals surface area contributed by atoms with Gasteiger partial charge in [-0.05, 0) is 35.7 Å². The lowest BCUT2D eigenvalue weighted by Crippen LogP contribution is -1.97. The predicted molar refractivity (Wildman–Crippen MR) is 88.9 cm³/mol. The molecule has 0 spiro atoms. The monoisotopic (exact) mass is 300 g/mol. The van der Waals surface area contributed by atoms with Crippen molar-refractivity contribution in [3.63, 3.8) is 0 Å². The largest absolute Gasteiger partial charge is 0.497 e. The lowest BCUT2D eigenvalue weighted by atomic mass is 10.00. The summed E-state index contributed by atoms with van der Waals surface area (Å²) in [5, 5.41) is 0. The first-order valence-corrected chi connectivity index (χ1v) is 7.36. The van der Waals surface area contributed by atoms with E-state index in [2.05, 4.69) is 6.92 Å². The lowest BCUT2D eigenvalue weighted by molar-refractivity contribution is 0.390. The Morgan fingerprint density at radius 3 is 2.32 bits per heavy atom. The van der Waals surface area contributed by atoms with Crippen LogP contribution in [-0.2, 0) is 6.42 Å². The molecule has 0 aromatic heterocycles. The SMILES string of the molecule is CCCc1c(C=Cc2ccc(F)cc2)cc(OC)cc1OC. The Morgan fingerprint density at radius 1 is 1.00 bits per heavy atom. The van der Waals surface area contributed by atoms with E-state index in [0.717, 1.165) is 41.0 Å². The molecule has 22 heavy (non-hydrogen) atoms. The predicted octanol–water partition coefficient (Wildman–Crippen LogP) is 4.97. The number of hydrogen-bond acceptors (Lipinski definition) is 2. The quantitative estimate of drug-likeness (QED) is 0.702. The van der Waals surface area contributed by atoms with E-state index < -0.39 is 0 Å². The second kappa shape index (κ2) is 7.64. The van der Waals surface area contributed by atoms with Gasteiger partial charge in [-0.25, -0.2) is 4.39 Å². The third kappa shape index (κ3) is 3.88. The molecule has 0 aliphatic heterocycles. The fraction of sp³-hybridized carbons (Fsp3) is 0.263. The second-order valence-corrected chi connectivity index (χ2v) is 5.03.